The van der Waals surface area contributed by atoms with Gasteiger partial charge in [0.25, 0.3) is 0 Å². The average Bonchev–Trinajstić information content (AvgIpc) is 2.69. The summed E-state index contributed by atoms with van der Waals surface area (Å²) in [6.07, 6.45) is 5.96. The van der Waals surface area contributed by atoms with Gasteiger partial charge in [0.15, 0.2) is 0 Å². The normalized spacial score (nSPS) is 37.8. The van der Waals surface area contributed by atoms with Crippen molar-refractivity contribution in [1.29, 1.82) is 0 Å². The molecule has 0 aromatic rings. The van der Waals surface area contributed by atoms with E-state index in [0.717, 1.165) is 19.5 Å². The van der Waals surface area contributed by atoms with E-state index in [1.165, 1.54) is 25.7 Å². The largest absolute Gasteiger partial charge is 0.375 e. The zero-order valence-corrected chi connectivity index (χ0v) is 12.5. The van der Waals surface area contributed by atoms with E-state index in [1.54, 1.807) is 0 Å². The fraction of sp³-hybridized carbons (Fsp3) is 0.929. The lowest BCUT2D eigenvalue weighted by atomic mass is 9.89. The van der Waals surface area contributed by atoms with Crippen LogP contribution in [0.1, 0.15) is 39.0 Å². The number of ether oxygens (including phenoxy) is 1. The Morgan fingerprint density at radius 3 is 2.63 bits per heavy atom. The molecule has 19 heavy (non-hydrogen) atoms. The molecule has 4 nitrogen and oxygen atoms in total. The molecule has 5 heteroatoms. The van der Waals surface area contributed by atoms with Crippen molar-refractivity contribution in [1.82, 2.24) is 10.2 Å². The SMILES string of the molecule is CC1CN(C(=O)CC2CC3CCC(C2)N3)CCO1.Cl. The van der Waals surface area contributed by atoms with Gasteiger partial charge in [-0.2, -0.15) is 0 Å². The molecule has 3 unspecified atom stereocenters. The molecule has 2 bridgehead atoms. The number of hydrogen-bond acceptors (Lipinski definition) is 3. The van der Waals surface area contributed by atoms with E-state index in [0.29, 0.717) is 30.5 Å². The number of amides is 1. The van der Waals surface area contributed by atoms with Gasteiger partial charge in [0.05, 0.1) is 12.7 Å². The van der Waals surface area contributed by atoms with Crippen LogP contribution in [0.4, 0.5) is 0 Å². The summed E-state index contributed by atoms with van der Waals surface area (Å²) >= 11 is 0. The van der Waals surface area contributed by atoms with Crippen LogP contribution in [0.5, 0.6) is 0 Å². The van der Waals surface area contributed by atoms with Gasteiger partial charge in [0.1, 0.15) is 0 Å². The summed E-state index contributed by atoms with van der Waals surface area (Å²) in [7, 11) is 0. The first-order valence-corrected chi connectivity index (χ1v) is 7.36. The summed E-state index contributed by atoms with van der Waals surface area (Å²) in [5.74, 6) is 0.950. The summed E-state index contributed by atoms with van der Waals surface area (Å²) in [6, 6.07) is 1.37. The lowest BCUT2D eigenvalue weighted by molar-refractivity contribution is -0.139. The molecule has 3 heterocycles. The van der Waals surface area contributed by atoms with Gasteiger partial charge in [-0.3, -0.25) is 4.79 Å². The molecule has 0 aromatic heterocycles. The predicted molar refractivity (Wildman–Crippen MR) is 76.5 cm³/mol. The standard InChI is InChI=1S/C14H24N2O2.ClH/c1-10-9-16(4-5-18-10)14(17)8-11-6-12-2-3-13(7-11)15-12;/h10-13,15H,2-9H2,1H3;1H. The molecule has 0 aromatic carbocycles. The van der Waals surface area contributed by atoms with Gasteiger partial charge in [0, 0.05) is 31.6 Å². The highest BCUT2D eigenvalue weighted by Gasteiger charge is 2.35. The quantitative estimate of drug-likeness (QED) is 0.839. The fourth-order valence-electron chi connectivity index (χ4n) is 3.76. The average molecular weight is 289 g/mol. The monoisotopic (exact) mass is 288 g/mol. The van der Waals surface area contributed by atoms with Crippen LogP contribution in [0.3, 0.4) is 0 Å². The third-order valence-corrected chi connectivity index (χ3v) is 4.63. The summed E-state index contributed by atoms with van der Waals surface area (Å²) in [5.41, 5.74) is 0. The highest BCUT2D eigenvalue weighted by Crippen LogP contribution is 2.33. The minimum atomic E-state index is 0. The maximum Gasteiger partial charge on any atom is 0.223 e. The Bertz CT molecular complexity index is 315. The Balaban J connectivity index is 0.00000133. The molecule has 0 saturated carbocycles. The van der Waals surface area contributed by atoms with Crippen LogP contribution in [0.25, 0.3) is 0 Å². The zero-order chi connectivity index (χ0) is 12.5. The molecular formula is C14H25ClN2O2. The lowest BCUT2D eigenvalue weighted by Crippen LogP contribution is -2.46. The molecule has 1 N–H and O–H groups in total. The van der Waals surface area contributed by atoms with Crippen molar-refractivity contribution >= 4 is 18.3 Å². The van der Waals surface area contributed by atoms with Crippen LogP contribution >= 0.6 is 12.4 Å². The van der Waals surface area contributed by atoms with Gasteiger partial charge in [-0.25, -0.2) is 0 Å². The summed E-state index contributed by atoms with van der Waals surface area (Å²) in [5, 5.41) is 3.64. The highest BCUT2D eigenvalue weighted by molar-refractivity contribution is 5.85. The number of morpholine rings is 1. The summed E-state index contributed by atoms with van der Waals surface area (Å²) in [4.78, 5) is 14.3. The lowest BCUT2D eigenvalue weighted by Gasteiger charge is -2.34. The number of rotatable bonds is 2. The maximum absolute atomic E-state index is 12.3. The van der Waals surface area contributed by atoms with Crippen LogP contribution in [-0.2, 0) is 9.53 Å². The third kappa shape index (κ3) is 3.61. The van der Waals surface area contributed by atoms with Crippen molar-refractivity contribution in [3.8, 4) is 0 Å². The molecule has 0 radical (unpaired) electrons. The Labute approximate surface area is 121 Å². The Kier molecular flexibility index (Phi) is 5.09. The first-order chi connectivity index (χ1) is 8.70. The van der Waals surface area contributed by atoms with Crippen molar-refractivity contribution in [2.24, 2.45) is 5.92 Å². The van der Waals surface area contributed by atoms with Crippen LogP contribution < -0.4 is 5.32 Å². The molecule has 3 saturated heterocycles. The number of carbonyl (C=O) groups excluding carboxylic acids is 1. The second kappa shape index (κ2) is 6.42. The van der Waals surface area contributed by atoms with E-state index in [4.69, 9.17) is 4.74 Å². The van der Waals surface area contributed by atoms with Gasteiger partial charge in [-0.05, 0) is 38.5 Å². The third-order valence-electron chi connectivity index (χ3n) is 4.63. The Morgan fingerprint density at radius 1 is 1.32 bits per heavy atom. The van der Waals surface area contributed by atoms with E-state index in [9.17, 15) is 4.79 Å². The van der Waals surface area contributed by atoms with Gasteiger partial charge in [0.2, 0.25) is 5.91 Å². The van der Waals surface area contributed by atoms with Crippen LogP contribution in [0, 0.1) is 5.92 Å². The van der Waals surface area contributed by atoms with Crippen molar-refractivity contribution < 1.29 is 9.53 Å². The number of halogens is 1. The van der Waals surface area contributed by atoms with E-state index < -0.39 is 0 Å². The summed E-state index contributed by atoms with van der Waals surface area (Å²) < 4.78 is 5.49. The van der Waals surface area contributed by atoms with Gasteiger partial charge >= 0.3 is 0 Å². The molecule has 3 aliphatic heterocycles. The summed E-state index contributed by atoms with van der Waals surface area (Å²) in [6.45, 7) is 4.30. The first kappa shape index (κ1) is 15.1. The smallest absolute Gasteiger partial charge is 0.223 e. The second-order valence-corrected chi connectivity index (χ2v) is 6.20. The zero-order valence-electron chi connectivity index (χ0n) is 11.6. The number of fused-ring (bicyclic) bond motifs is 2. The predicted octanol–water partition coefficient (Wildman–Crippen LogP) is 1.58. The number of piperidine rings is 1. The number of nitrogens with zero attached hydrogens (tertiary/aromatic N) is 1. The van der Waals surface area contributed by atoms with Gasteiger partial charge in [-0.15, -0.1) is 12.4 Å². The van der Waals surface area contributed by atoms with Gasteiger partial charge < -0.3 is 15.0 Å². The first-order valence-electron chi connectivity index (χ1n) is 7.36. The Morgan fingerprint density at radius 2 is 2.00 bits per heavy atom. The van der Waals surface area contributed by atoms with E-state index >= 15 is 0 Å². The molecule has 3 fully saturated rings. The minimum Gasteiger partial charge on any atom is -0.375 e. The minimum absolute atomic E-state index is 0. The van der Waals surface area contributed by atoms with Crippen molar-refractivity contribution in [3.05, 3.63) is 0 Å². The van der Waals surface area contributed by atoms with E-state index in [2.05, 4.69) is 5.32 Å². The molecule has 0 spiro atoms. The number of hydrogen-bond donors (Lipinski definition) is 1. The molecular weight excluding hydrogens is 264 g/mol. The van der Waals surface area contributed by atoms with Crippen molar-refractivity contribution in [2.45, 2.75) is 57.2 Å². The molecule has 3 aliphatic rings. The maximum atomic E-state index is 12.3. The fourth-order valence-corrected chi connectivity index (χ4v) is 3.76. The number of carbonyl (C=O) groups is 1. The molecule has 110 valence electrons. The topological polar surface area (TPSA) is 41.6 Å². The van der Waals surface area contributed by atoms with Crippen molar-refractivity contribution in [2.75, 3.05) is 19.7 Å². The van der Waals surface area contributed by atoms with Crippen molar-refractivity contribution in [3.63, 3.8) is 0 Å². The highest BCUT2D eigenvalue weighted by atomic mass is 35.5. The number of nitrogens with one attached hydrogen (secondary N) is 1. The van der Waals surface area contributed by atoms with E-state index in [1.807, 2.05) is 11.8 Å². The van der Waals surface area contributed by atoms with Crippen LogP contribution in [0.15, 0.2) is 0 Å². The molecule has 0 aliphatic carbocycles. The molecule has 1 amide bonds. The van der Waals surface area contributed by atoms with E-state index in [-0.39, 0.29) is 18.5 Å². The molecule has 3 atom stereocenters. The van der Waals surface area contributed by atoms with Crippen LogP contribution in [-0.4, -0.2) is 48.7 Å². The Hall–Kier alpha value is -0.320. The molecule has 3 rings (SSSR count). The van der Waals surface area contributed by atoms with Crippen LogP contribution in [0.2, 0.25) is 0 Å². The second-order valence-electron chi connectivity index (χ2n) is 6.20. The van der Waals surface area contributed by atoms with Gasteiger partial charge in [-0.1, -0.05) is 0 Å².